The zero-order valence-corrected chi connectivity index (χ0v) is 17.4. The number of benzene rings is 2. The van der Waals surface area contributed by atoms with Gasteiger partial charge in [0.25, 0.3) is 11.8 Å². The standard InChI is InChI=1S/C20H15BrN2O7/c1-27-15-6-10(13(21)8-16(15)28-2)5-12-18(24)22-20(26)23(19(12)25)11-3-4-14-17(7-11)30-9-29-14/h3-8H,9H2,1-2H3,(H,22,24,26)/b12-5+. The van der Waals surface area contributed by atoms with Crippen LogP contribution < -0.4 is 29.2 Å². The van der Waals surface area contributed by atoms with Crippen molar-refractivity contribution in [2.24, 2.45) is 0 Å². The fourth-order valence-electron chi connectivity index (χ4n) is 3.05. The maximum absolute atomic E-state index is 13.1. The fourth-order valence-corrected chi connectivity index (χ4v) is 3.49. The Morgan fingerprint density at radius 1 is 1.03 bits per heavy atom. The van der Waals surface area contributed by atoms with Crippen molar-refractivity contribution in [3.63, 3.8) is 0 Å². The van der Waals surface area contributed by atoms with Gasteiger partial charge in [0.15, 0.2) is 23.0 Å². The van der Waals surface area contributed by atoms with E-state index in [0.717, 1.165) is 4.90 Å². The number of amides is 4. The predicted octanol–water partition coefficient (Wildman–Crippen LogP) is 2.86. The van der Waals surface area contributed by atoms with Crippen LogP contribution in [-0.2, 0) is 9.59 Å². The third-order valence-corrected chi connectivity index (χ3v) is 5.21. The van der Waals surface area contributed by atoms with Crippen molar-refractivity contribution in [1.29, 1.82) is 0 Å². The first-order valence-electron chi connectivity index (χ1n) is 8.65. The van der Waals surface area contributed by atoms with Gasteiger partial charge in [-0.05, 0) is 35.9 Å². The lowest BCUT2D eigenvalue weighted by atomic mass is 10.1. The number of methoxy groups -OCH3 is 2. The molecule has 0 atom stereocenters. The minimum absolute atomic E-state index is 0.0515. The monoisotopic (exact) mass is 474 g/mol. The fraction of sp³-hybridized carbons (Fsp3) is 0.150. The van der Waals surface area contributed by atoms with Crippen LogP contribution in [0, 0.1) is 0 Å². The van der Waals surface area contributed by atoms with Crippen molar-refractivity contribution in [2.45, 2.75) is 0 Å². The van der Waals surface area contributed by atoms with Crippen molar-refractivity contribution in [3.05, 3.63) is 45.9 Å². The van der Waals surface area contributed by atoms with E-state index in [-0.39, 0.29) is 18.1 Å². The molecule has 154 valence electrons. The van der Waals surface area contributed by atoms with E-state index in [4.69, 9.17) is 18.9 Å². The number of hydrogen-bond donors (Lipinski definition) is 1. The van der Waals surface area contributed by atoms with Crippen LogP contribution in [0.1, 0.15) is 5.56 Å². The SMILES string of the molecule is COc1cc(Br)c(/C=C2\C(=O)NC(=O)N(c3ccc4c(c3)OCO4)C2=O)cc1OC. The van der Waals surface area contributed by atoms with Gasteiger partial charge in [0.1, 0.15) is 5.57 Å². The second-order valence-corrected chi connectivity index (χ2v) is 7.08. The summed E-state index contributed by atoms with van der Waals surface area (Å²) in [7, 11) is 2.97. The number of carbonyl (C=O) groups excluding carboxylic acids is 3. The molecule has 2 aliphatic rings. The smallest absolute Gasteiger partial charge is 0.335 e. The number of hydrogen-bond acceptors (Lipinski definition) is 7. The third-order valence-electron chi connectivity index (χ3n) is 4.52. The maximum Gasteiger partial charge on any atom is 0.335 e. The third kappa shape index (κ3) is 3.35. The van der Waals surface area contributed by atoms with Crippen LogP contribution in [0.15, 0.2) is 40.4 Å². The van der Waals surface area contributed by atoms with Crippen LogP contribution in [0.5, 0.6) is 23.0 Å². The number of imide groups is 2. The maximum atomic E-state index is 13.1. The summed E-state index contributed by atoms with van der Waals surface area (Å²) in [5, 5.41) is 2.18. The second kappa shape index (κ2) is 7.71. The average molecular weight is 475 g/mol. The molecular formula is C20H15BrN2O7. The van der Waals surface area contributed by atoms with E-state index in [0.29, 0.717) is 33.0 Å². The molecule has 4 rings (SSSR count). The zero-order chi connectivity index (χ0) is 21.4. The quantitative estimate of drug-likeness (QED) is 0.536. The second-order valence-electron chi connectivity index (χ2n) is 6.22. The molecule has 10 heteroatoms. The number of urea groups is 1. The van der Waals surface area contributed by atoms with Crippen LogP contribution >= 0.6 is 15.9 Å². The number of fused-ring (bicyclic) bond motifs is 1. The molecule has 1 saturated heterocycles. The number of nitrogens with one attached hydrogen (secondary N) is 1. The Kier molecular flexibility index (Phi) is 5.08. The van der Waals surface area contributed by atoms with E-state index in [9.17, 15) is 14.4 Å². The van der Waals surface area contributed by atoms with Crippen molar-refractivity contribution >= 4 is 45.5 Å². The molecule has 0 aliphatic carbocycles. The number of ether oxygens (including phenoxy) is 4. The molecule has 30 heavy (non-hydrogen) atoms. The molecule has 0 bridgehead atoms. The molecule has 0 saturated carbocycles. The molecule has 0 unspecified atom stereocenters. The lowest BCUT2D eigenvalue weighted by Gasteiger charge is -2.26. The van der Waals surface area contributed by atoms with Gasteiger partial charge in [0.05, 0.1) is 19.9 Å². The van der Waals surface area contributed by atoms with Gasteiger partial charge in [0.2, 0.25) is 6.79 Å². The highest BCUT2D eigenvalue weighted by Crippen LogP contribution is 2.37. The predicted molar refractivity (Wildman–Crippen MR) is 109 cm³/mol. The van der Waals surface area contributed by atoms with Crippen molar-refractivity contribution in [2.75, 3.05) is 25.9 Å². The molecule has 1 N–H and O–H groups in total. The van der Waals surface area contributed by atoms with Crippen molar-refractivity contribution in [3.8, 4) is 23.0 Å². The Morgan fingerprint density at radius 2 is 1.73 bits per heavy atom. The minimum Gasteiger partial charge on any atom is -0.493 e. The average Bonchev–Trinajstić information content (AvgIpc) is 3.19. The molecule has 2 aromatic carbocycles. The van der Waals surface area contributed by atoms with Gasteiger partial charge >= 0.3 is 6.03 Å². The Balaban J connectivity index is 1.74. The van der Waals surface area contributed by atoms with E-state index in [1.54, 1.807) is 18.2 Å². The molecule has 0 spiro atoms. The van der Waals surface area contributed by atoms with Gasteiger partial charge in [-0.25, -0.2) is 9.69 Å². The first-order chi connectivity index (χ1) is 14.4. The number of nitrogens with zero attached hydrogens (tertiary/aromatic N) is 1. The number of barbiturate groups is 1. The number of halogens is 1. The number of anilines is 1. The van der Waals surface area contributed by atoms with Crippen LogP contribution in [0.4, 0.5) is 10.5 Å². The molecule has 2 aliphatic heterocycles. The summed E-state index contributed by atoms with van der Waals surface area (Å²) in [4.78, 5) is 38.7. The summed E-state index contributed by atoms with van der Waals surface area (Å²) in [6.07, 6.45) is 1.37. The van der Waals surface area contributed by atoms with Gasteiger partial charge in [-0.15, -0.1) is 0 Å². The van der Waals surface area contributed by atoms with E-state index < -0.39 is 17.8 Å². The first-order valence-corrected chi connectivity index (χ1v) is 9.45. The molecule has 0 radical (unpaired) electrons. The lowest BCUT2D eigenvalue weighted by molar-refractivity contribution is -0.122. The molecule has 2 heterocycles. The van der Waals surface area contributed by atoms with Gasteiger partial charge in [-0.2, -0.15) is 0 Å². The highest BCUT2D eigenvalue weighted by atomic mass is 79.9. The lowest BCUT2D eigenvalue weighted by Crippen LogP contribution is -2.54. The van der Waals surface area contributed by atoms with E-state index in [2.05, 4.69) is 21.2 Å². The van der Waals surface area contributed by atoms with E-state index >= 15 is 0 Å². The molecule has 0 aromatic heterocycles. The highest BCUT2D eigenvalue weighted by molar-refractivity contribution is 9.10. The summed E-state index contributed by atoms with van der Waals surface area (Å²) < 4.78 is 21.6. The number of carbonyl (C=O) groups is 3. The Hall–Kier alpha value is -3.53. The van der Waals surface area contributed by atoms with E-state index in [1.165, 1.54) is 32.4 Å². The summed E-state index contributed by atoms with van der Waals surface area (Å²) in [5.41, 5.74) is 0.512. The molecule has 1 fully saturated rings. The largest absolute Gasteiger partial charge is 0.493 e. The number of rotatable bonds is 4. The molecule has 2 aromatic rings. The summed E-state index contributed by atoms with van der Waals surface area (Å²) in [5.74, 6) is 0.221. The molecule has 9 nitrogen and oxygen atoms in total. The summed E-state index contributed by atoms with van der Waals surface area (Å²) in [6.45, 7) is 0.0515. The summed E-state index contributed by atoms with van der Waals surface area (Å²) >= 11 is 3.39. The van der Waals surface area contributed by atoms with Crippen LogP contribution in [0.3, 0.4) is 0 Å². The van der Waals surface area contributed by atoms with E-state index in [1.807, 2.05) is 0 Å². The first kappa shape index (κ1) is 19.8. The van der Waals surface area contributed by atoms with Gasteiger partial charge in [-0.3, -0.25) is 14.9 Å². The van der Waals surface area contributed by atoms with Crippen LogP contribution in [-0.4, -0.2) is 38.9 Å². The van der Waals surface area contributed by atoms with Crippen LogP contribution in [0.25, 0.3) is 6.08 Å². The van der Waals surface area contributed by atoms with Crippen molar-refractivity contribution < 1.29 is 33.3 Å². The van der Waals surface area contributed by atoms with Crippen LogP contribution in [0.2, 0.25) is 0 Å². The molecular weight excluding hydrogens is 460 g/mol. The topological polar surface area (TPSA) is 103 Å². The Labute approximate surface area is 179 Å². The zero-order valence-electron chi connectivity index (χ0n) is 15.9. The van der Waals surface area contributed by atoms with Gasteiger partial charge in [0, 0.05) is 10.5 Å². The van der Waals surface area contributed by atoms with Gasteiger partial charge < -0.3 is 18.9 Å². The molecule has 4 amide bonds. The minimum atomic E-state index is -0.854. The van der Waals surface area contributed by atoms with Crippen molar-refractivity contribution in [1.82, 2.24) is 5.32 Å². The normalized spacial score (nSPS) is 16.7. The Morgan fingerprint density at radius 3 is 2.47 bits per heavy atom. The highest BCUT2D eigenvalue weighted by Gasteiger charge is 2.37. The Bertz CT molecular complexity index is 1110. The summed E-state index contributed by atoms with van der Waals surface area (Å²) in [6, 6.07) is 7.02. The van der Waals surface area contributed by atoms with Gasteiger partial charge in [-0.1, -0.05) is 15.9 Å².